The maximum absolute atomic E-state index is 14.1. The summed E-state index contributed by atoms with van der Waals surface area (Å²) in [6.45, 7) is 0. The van der Waals surface area contributed by atoms with E-state index >= 15 is 0 Å². The fraction of sp³-hybridized carbons (Fsp3) is 0.0769. The minimum Gasteiger partial charge on any atom is -0.606 e. The number of ether oxygens (including phenoxy) is 2. The van der Waals surface area contributed by atoms with Gasteiger partial charge in [-0.05, 0) is 71.8 Å². The molecule has 34 heavy (non-hydrogen) atoms. The van der Waals surface area contributed by atoms with Crippen LogP contribution in [0.2, 0.25) is 10.0 Å². The zero-order valence-corrected chi connectivity index (χ0v) is 20.8. The molecule has 0 saturated heterocycles. The van der Waals surface area contributed by atoms with Crippen LogP contribution in [0.1, 0.15) is 0 Å². The van der Waals surface area contributed by atoms with Gasteiger partial charge in [-0.2, -0.15) is 0 Å². The summed E-state index contributed by atoms with van der Waals surface area (Å²) < 4.78 is 24.9. The maximum atomic E-state index is 14.1. The van der Waals surface area contributed by atoms with E-state index in [1.807, 2.05) is 24.3 Å². The van der Waals surface area contributed by atoms with Gasteiger partial charge >= 0.3 is 0 Å². The molecule has 4 aromatic rings. The topological polar surface area (TPSA) is 93.6 Å². The third-order valence-corrected chi connectivity index (χ3v) is 7.59. The maximum Gasteiger partial charge on any atom is 0.166 e. The van der Waals surface area contributed by atoms with Crippen molar-refractivity contribution in [1.29, 1.82) is 0 Å². The molecule has 0 amide bonds. The number of nitrogen functional groups attached to an aromatic ring is 2. The Morgan fingerprint density at radius 2 is 1.06 bits per heavy atom. The van der Waals surface area contributed by atoms with Crippen LogP contribution in [0, 0.1) is 0 Å². The molecule has 5 nitrogen and oxygen atoms in total. The number of hydrogen-bond acceptors (Lipinski definition) is 5. The molecule has 0 aliphatic carbocycles. The Morgan fingerprint density at radius 3 is 1.41 bits per heavy atom. The van der Waals surface area contributed by atoms with Crippen LogP contribution in [-0.2, 0) is 11.2 Å². The molecular formula is C26H22Cl2N2O3S. The lowest BCUT2D eigenvalue weighted by Gasteiger charge is -2.19. The van der Waals surface area contributed by atoms with Crippen LogP contribution in [0.5, 0.6) is 11.5 Å². The smallest absolute Gasteiger partial charge is 0.166 e. The molecule has 0 heterocycles. The van der Waals surface area contributed by atoms with Crippen LogP contribution in [0.3, 0.4) is 0 Å². The van der Waals surface area contributed by atoms with E-state index in [9.17, 15) is 4.55 Å². The van der Waals surface area contributed by atoms with Gasteiger partial charge in [-0.25, -0.2) is 0 Å². The Balaban J connectivity index is 1.90. The van der Waals surface area contributed by atoms with Crippen molar-refractivity contribution in [2.24, 2.45) is 0 Å². The predicted molar refractivity (Wildman–Crippen MR) is 140 cm³/mol. The van der Waals surface area contributed by atoms with Crippen molar-refractivity contribution in [3.05, 3.63) is 82.8 Å². The second kappa shape index (κ2) is 10.1. The SMILES string of the molecule is COc1ccc([S+]([O-])c2ccc(OC)cc2-c2ccc(Cl)c(N)c2)c(-c2ccc(Cl)c(N)c2)c1. The molecule has 0 spiro atoms. The number of benzene rings is 4. The molecule has 0 aliphatic heterocycles. The highest BCUT2D eigenvalue weighted by Crippen LogP contribution is 2.40. The van der Waals surface area contributed by atoms with Crippen LogP contribution < -0.4 is 20.9 Å². The van der Waals surface area contributed by atoms with Gasteiger partial charge in [0, 0.05) is 22.3 Å². The summed E-state index contributed by atoms with van der Waals surface area (Å²) in [5.41, 5.74) is 15.9. The van der Waals surface area contributed by atoms with Crippen molar-refractivity contribution in [2.75, 3.05) is 25.7 Å². The normalized spacial score (nSPS) is 11.0. The summed E-state index contributed by atoms with van der Waals surface area (Å²) in [5, 5.41) is 0.902. The number of methoxy groups -OCH3 is 2. The van der Waals surface area contributed by atoms with Gasteiger partial charge in [0.05, 0.1) is 35.6 Å². The molecule has 0 saturated carbocycles. The summed E-state index contributed by atoms with van der Waals surface area (Å²) >= 11 is 10.7. The van der Waals surface area contributed by atoms with E-state index in [0.29, 0.717) is 42.7 Å². The van der Waals surface area contributed by atoms with Gasteiger partial charge in [-0.15, -0.1) is 0 Å². The monoisotopic (exact) mass is 512 g/mol. The fourth-order valence-corrected chi connectivity index (χ4v) is 5.20. The first-order chi connectivity index (χ1) is 16.3. The van der Waals surface area contributed by atoms with E-state index in [1.165, 1.54) is 0 Å². The quantitative estimate of drug-likeness (QED) is 0.222. The molecule has 0 atom stereocenters. The summed E-state index contributed by atoms with van der Waals surface area (Å²) in [7, 11) is 3.16. The third-order valence-electron chi connectivity index (χ3n) is 5.39. The molecule has 0 fully saturated rings. The molecule has 174 valence electrons. The second-order valence-electron chi connectivity index (χ2n) is 7.47. The molecule has 0 unspecified atom stereocenters. The van der Waals surface area contributed by atoms with Crippen LogP contribution in [0.15, 0.2) is 82.6 Å². The summed E-state index contributed by atoms with van der Waals surface area (Å²) in [5.74, 6) is 1.26. The fourth-order valence-electron chi connectivity index (χ4n) is 3.59. The molecule has 0 aromatic heterocycles. The van der Waals surface area contributed by atoms with Crippen molar-refractivity contribution in [1.82, 2.24) is 0 Å². The van der Waals surface area contributed by atoms with E-state index in [-0.39, 0.29) is 0 Å². The zero-order chi connectivity index (χ0) is 24.4. The summed E-state index contributed by atoms with van der Waals surface area (Å²) in [6, 6.07) is 21.4. The molecule has 0 bridgehead atoms. The Bertz CT molecular complexity index is 1260. The average molecular weight is 513 g/mol. The lowest BCUT2D eigenvalue weighted by atomic mass is 10.0. The average Bonchev–Trinajstić information content (AvgIpc) is 2.86. The van der Waals surface area contributed by atoms with Crippen molar-refractivity contribution in [2.45, 2.75) is 9.79 Å². The highest BCUT2D eigenvalue weighted by molar-refractivity contribution is 7.91. The number of halogens is 2. The predicted octanol–water partition coefficient (Wildman–Crippen LogP) is 6.68. The summed E-state index contributed by atoms with van der Waals surface area (Å²) in [6.07, 6.45) is 0. The number of anilines is 2. The number of rotatable bonds is 6. The van der Waals surface area contributed by atoms with Crippen LogP contribution in [0.25, 0.3) is 22.3 Å². The van der Waals surface area contributed by atoms with Crippen LogP contribution >= 0.6 is 23.2 Å². The lowest BCUT2D eigenvalue weighted by molar-refractivity contribution is 0.414. The molecule has 4 rings (SSSR count). The highest BCUT2D eigenvalue weighted by atomic mass is 35.5. The van der Waals surface area contributed by atoms with E-state index in [0.717, 1.165) is 22.3 Å². The van der Waals surface area contributed by atoms with Gasteiger partial charge in [-0.1, -0.05) is 35.3 Å². The van der Waals surface area contributed by atoms with Gasteiger partial charge in [0.15, 0.2) is 9.79 Å². The first-order valence-electron chi connectivity index (χ1n) is 10.2. The standard InChI is InChI=1S/C26H22Cl2N2O3S/c1-32-17-5-9-25(19(13-17)15-3-7-21(27)23(29)11-15)34(31)26-10-6-18(33-2)14-20(26)16-4-8-22(28)24(30)12-16/h3-14H,29-30H2,1-2H3. The molecule has 4 N–H and O–H groups in total. The van der Waals surface area contributed by atoms with E-state index in [2.05, 4.69) is 0 Å². The summed E-state index contributed by atoms with van der Waals surface area (Å²) in [4.78, 5) is 1.19. The number of nitrogens with two attached hydrogens (primary N) is 2. The van der Waals surface area contributed by atoms with Gasteiger partial charge in [-0.3, -0.25) is 0 Å². The minimum absolute atomic E-state index is 0.431. The van der Waals surface area contributed by atoms with Crippen molar-refractivity contribution in [3.63, 3.8) is 0 Å². The first kappa shape index (κ1) is 24.1. The van der Waals surface area contributed by atoms with E-state index < -0.39 is 11.2 Å². The second-order valence-corrected chi connectivity index (χ2v) is 9.70. The van der Waals surface area contributed by atoms with Crippen LogP contribution in [0.4, 0.5) is 11.4 Å². The Morgan fingerprint density at radius 1 is 0.647 bits per heavy atom. The molecular weight excluding hydrogens is 491 g/mol. The zero-order valence-electron chi connectivity index (χ0n) is 18.5. The van der Waals surface area contributed by atoms with Crippen molar-refractivity contribution < 1.29 is 14.0 Å². The van der Waals surface area contributed by atoms with Gasteiger partial charge in [0.25, 0.3) is 0 Å². The first-order valence-corrected chi connectivity index (χ1v) is 12.1. The Labute approximate surface area is 211 Å². The lowest BCUT2D eigenvalue weighted by Crippen LogP contribution is -2.07. The molecule has 0 radical (unpaired) electrons. The third kappa shape index (κ3) is 4.76. The van der Waals surface area contributed by atoms with Crippen molar-refractivity contribution in [3.8, 4) is 33.8 Å². The van der Waals surface area contributed by atoms with Crippen LogP contribution in [-0.4, -0.2) is 18.8 Å². The van der Waals surface area contributed by atoms with Gasteiger partial charge in [0.1, 0.15) is 11.5 Å². The Kier molecular flexibility index (Phi) is 7.14. The minimum atomic E-state index is -1.57. The van der Waals surface area contributed by atoms with Crippen molar-refractivity contribution >= 4 is 45.8 Å². The van der Waals surface area contributed by atoms with Gasteiger partial charge < -0.3 is 25.5 Å². The highest BCUT2D eigenvalue weighted by Gasteiger charge is 2.25. The van der Waals surface area contributed by atoms with E-state index in [1.54, 1.807) is 62.8 Å². The number of hydrogen-bond donors (Lipinski definition) is 2. The Hall–Kier alpha value is -3.03. The van der Waals surface area contributed by atoms with E-state index in [4.69, 9.17) is 44.1 Å². The molecule has 8 heteroatoms. The largest absolute Gasteiger partial charge is 0.606 e. The molecule has 4 aromatic carbocycles. The molecule has 0 aliphatic rings. The van der Waals surface area contributed by atoms with Gasteiger partial charge in [0.2, 0.25) is 0 Å².